The zero-order chi connectivity index (χ0) is 14.8. The van der Waals surface area contributed by atoms with Crippen LogP contribution in [0.25, 0.3) is 0 Å². The summed E-state index contributed by atoms with van der Waals surface area (Å²) in [5.74, 6) is -1.45. The molecule has 0 saturated carbocycles. The van der Waals surface area contributed by atoms with Gasteiger partial charge < -0.3 is 10.2 Å². The van der Waals surface area contributed by atoms with Crippen molar-refractivity contribution in [3.63, 3.8) is 0 Å². The van der Waals surface area contributed by atoms with Crippen molar-refractivity contribution in [3.8, 4) is 0 Å². The van der Waals surface area contributed by atoms with E-state index in [0.29, 0.717) is 0 Å². The van der Waals surface area contributed by atoms with Crippen molar-refractivity contribution < 1.29 is 19.9 Å². The van der Waals surface area contributed by atoms with Gasteiger partial charge >= 0.3 is 5.97 Å². The van der Waals surface area contributed by atoms with Gasteiger partial charge in [-0.25, -0.2) is 4.79 Å². The molecular formula is C14H11NO5. The Morgan fingerprint density at radius 3 is 1.95 bits per heavy atom. The molecule has 2 N–H and O–H groups in total. The van der Waals surface area contributed by atoms with E-state index in [1.54, 1.807) is 18.2 Å². The summed E-state index contributed by atoms with van der Waals surface area (Å²) in [6.45, 7) is 0. The lowest BCUT2D eigenvalue weighted by atomic mass is 9.86. The van der Waals surface area contributed by atoms with Crippen LogP contribution in [0.1, 0.15) is 11.1 Å². The normalized spacial score (nSPS) is 13.4. The van der Waals surface area contributed by atoms with Gasteiger partial charge in [-0.1, -0.05) is 30.3 Å². The minimum atomic E-state index is -2.24. The van der Waals surface area contributed by atoms with Crippen molar-refractivity contribution >= 4 is 11.7 Å². The number of rotatable bonds is 4. The molecule has 2 aromatic carbocycles. The Labute approximate surface area is 114 Å². The molecule has 0 saturated heterocycles. The van der Waals surface area contributed by atoms with Gasteiger partial charge in [0.25, 0.3) is 5.69 Å². The number of carboxylic acids is 1. The second-order valence-corrected chi connectivity index (χ2v) is 4.19. The lowest BCUT2D eigenvalue weighted by Gasteiger charge is -2.24. The Balaban J connectivity index is 2.54. The van der Waals surface area contributed by atoms with E-state index in [4.69, 9.17) is 0 Å². The van der Waals surface area contributed by atoms with Gasteiger partial charge in [0.1, 0.15) is 0 Å². The first-order valence-corrected chi connectivity index (χ1v) is 5.72. The third-order valence-electron chi connectivity index (χ3n) is 3.00. The fourth-order valence-electron chi connectivity index (χ4n) is 1.92. The van der Waals surface area contributed by atoms with Crippen LogP contribution in [0.15, 0.2) is 54.6 Å². The molecule has 0 aromatic heterocycles. The van der Waals surface area contributed by atoms with Crippen LogP contribution in [0.4, 0.5) is 5.69 Å². The summed E-state index contributed by atoms with van der Waals surface area (Å²) in [5.41, 5.74) is -2.17. The molecule has 0 heterocycles. The smallest absolute Gasteiger partial charge is 0.345 e. The summed E-state index contributed by atoms with van der Waals surface area (Å²) in [5, 5.41) is 30.4. The molecule has 0 fully saturated rings. The van der Waals surface area contributed by atoms with Crippen LogP contribution in [0, 0.1) is 10.1 Å². The Hall–Kier alpha value is -2.73. The number of nitro benzene ring substituents is 1. The van der Waals surface area contributed by atoms with E-state index in [-0.39, 0.29) is 16.8 Å². The van der Waals surface area contributed by atoms with Crippen LogP contribution >= 0.6 is 0 Å². The quantitative estimate of drug-likeness (QED) is 0.654. The van der Waals surface area contributed by atoms with Crippen LogP contribution in [-0.2, 0) is 10.4 Å². The van der Waals surface area contributed by atoms with Crippen LogP contribution < -0.4 is 0 Å². The third-order valence-corrected chi connectivity index (χ3v) is 3.00. The highest BCUT2D eigenvalue weighted by atomic mass is 16.6. The second-order valence-electron chi connectivity index (χ2n) is 4.19. The van der Waals surface area contributed by atoms with Gasteiger partial charge in [-0.15, -0.1) is 0 Å². The molecule has 1 atom stereocenters. The summed E-state index contributed by atoms with van der Waals surface area (Å²) in [7, 11) is 0. The van der Waals surface area contributed by atoms with Crippen molar-refractivity contribution in [3.05, 3.63) is 75.8 Å². The molecule has 6 nitrogen and oxygen atoms in total. The molecule has 0 aliphatic heterocycles. The van der Waals surface area contributed by atoms with E-state index in [9.17, 15) is 25.1 Å². The Kier molecular flexibility index (Phi) is 3.49. The van der Waals surface area contributed by atoms with E-state index in [1.807, 2.05) is 0 Å². The van der Waals surface area contributed by atoms with Gasteiger partial charge in [0.15, 0.2) is 0 Å². The van der Waals surface area contributed by atoms with Gasteiger partial charge in [0.05, 0.1) is 4.92 Å². The van der Waals surface area contributed by atoms with E-state index in [2.05, 4.69) is 0 Å². The van der Waals surface area contributed by atoms with E-state index in [1.165, 1.54) is 24.3 Å². The standard InChI is InChI=1S/C14H11NO5/c16-13(17)14(18,10-4-2-1-3-5-10)11-6-8-12(9-7-11)15(19)20/h1-9,18H,(H,16,17). The summed E-state index contributed by atoms with van der Waals surface area (Å²) < 4.78 is 0. The van der Waals surface area contributed by atoms with Crippen LogP contribution in [0.2, 0.25) is 0 Å². The Morgan fingerprint density at radius 1 is 1.00 bits per heavy atom. The van der Waals surface area contributed by atoms with Crippen molar-refractivity contribution in [2.75, 3.05) is 0 Å². The number of carboxylic acid groups (broad SMARTS) is 1. The fraction of sp³-hybridized carbons (Fsp3) is 0.0714. The SMILES string of the molecule is O=C(O)C(O)(c1ccccc1)c1ccc([N+](=O)[O-])cc1. The van der Waals surface area contributed by atoms with E-state index in [0.717, 1.165) is 12.1 Å². The first-order valence-electron chi connectivity index (χ1n) is 5.72. The zero-order valence-electron chi connectivity index (χ0n) is 10.3. The van der Waals surface area contributed by atoms with Gasteiger partial charge in [0.2, 0.25) is 5.60 Å². The van der Waals surface area contributed by atoms with E-state index >= 15 is 0 Å². The molecule has 2 aromatic rings. The number of hydrogen-bond acceptors (Lipinski definition) is 4. The molecule has 0 aliphatic carbocycles. The third kappa shape index (κ3) is 2.24. The first-order chi connectivity index (χ1) is 9.46. The molecule has 2 rings (SSSR count). The Morgan fingerprint density at radius 2 is 1.50 bits per heavy atom. The highest BCUT2D eigenvalue weighted by Gasteiger charge is 2.40. The minimum Gasteiger partial charge on any atom is -0.479 e. The average molecular weight is 273 g/mol. The molecule has 0 bridgehead atoms. The maximum absolute atomic E-state index is 11.5. The van der Waals surface area contributed by atoms with Crippen LogP contribution in [0.3, 0.4) is 0 Å². The van der Waals surface area contributed by atoms with Crippen LogP contribution in [0.5, 0.6) is 0 Å². The maximum Gasteiger partial charge on any atom is 0.345 e. The average Bonchev–Trinajstić information content (AvgIpc) is 2.47. The van der Waals surface area contributed by atoms with Gasteiger partial charge in [-0.05, 0) is 23.3 Å². The molecular weight excluding hydrogens is 262 g/mol. The lowest BCUT2D eigenvalue weighted by molar-refractivity contribution is -0.384. The molecule has 20 heavy (non-hydrogen) atoms. The van der Waals surface area contributed by atoms with Crippen molar-refractivity contribution in [2.24, 2.45) is 0 Å². The summed E-state index contributed by atoms with van der Waals surface area (Å²) in [4.78, 5) is 21.5. The molecule has 0 amide bonds. The van der Waals surface area contributed by atoms with Crippen molar-refractivity contribution in [2.45, 2.75) is 5.60 Å². The number of aliphatic carboxylic acids is 1. The van der Waals surface area contributed by atoms with Gasteiger partial charge in [-0.2, -0.15) is 0 Å². The highest BCUT2D eigenvalue weighted by molar-refractivity contribution is 5.83. The summed E-state index contributed by atoms with van der Waals surface area (Å²) >= 11 is 0. The number of hydrogen-bond donors (Lipinski definition) is 2. The topological polar surface area (TPSA) is 101 Å². The summed E-state index contributed by atoms with van der Waals surface area (Å²) in [6, 6.07) is 12.7. The van der Waals surface area contributed by atoms with Crippen molar-refractivity contribution in [1.29, 1.82) is 0 Å². The van der Waals surface area contributed by atoms with Gasteiger partial charge in [-0.3, -0.25) is 10.1 Å². The predicted octanol–water partition coefficient (Wildman–Crippen LogP) is 1.92. The Bertz CT molecular complexity index is 638. The number of non-ortho nitro benzene ring substituents is 1. The van der Waals surface area contributed by atoms with Crippen molar-refractivity contribution in [1.82, 2.24) is 0 Å². The first kappa shape index (κ1) is 13.7. The lowest BCUT2D eigenvalue weighted by Crippen LogP contribution is -2.36. The minimum absolute atomic E-state index is 0.0572. The molecule has 6 heteroatoms. The molecule has 0 aliphatic rings. The number of carbonyl (C=O) groups is 1. The summed E-state index contributed by atoms with van der Waals surface area (Å²) in [6.07, 6.45) is 0. The maximum atomic E-state index is 11.5. The molecule has 0 spiro atoms. The fourth-order valence-corrected chi connectivity index (χ4v) is 1.92. The molecule has 0 radical (unpaired) electrons. The highest BCUT2D eigenvalue weighted by Crippen LogP contribution is 2.31. The zero-order valence-corrected chi connectivity index (χ0v) is 10.3. The largest absolute Gasteiger partial charge is 0.479 e. The number of nitrogens with zero attached hydrogens (tertiary/aromatic N) is 1. The monoisotopic (exact) mass is 273 g/mol. The second kappa shape index (κ2) is 5.10. The number of benzene rings is 2. The number of aliphatic hydroxyl groups is 1. The molecule has 102 valence electrons. The van der Waals surface area contributed by atoms with Crippen LogP contribution in [-0.4, -0.2) is 21.1 Å². The van der Waals surface area contributed by atoms with E-state index < -0.39 is 16.5 Å². The molecule has 1 unspecified atom stereocenters. The number of nitro groups is 1. The predicted molar refractivity (Wildman–Crippen MR) is 70.2 cm³/mol. The van der Waals surface area contributed by atoms with Gasteiger partial charge in [0, 0.05) is 12.1 Å².